The van der Waals surface area contributed by atoms with Crippen LogP contribution >= 0.6 is 11.6 Å². The van der Waals surface area contributed by atoms with E-state index in [-0.39, 0.29) is 5.91 Å². The van der Waals surface area contributed by atoms with Crippen molar-refractivity contribution in [3.8, 4) is 0 Å². The van der Waals surface area contributed by atoms with Gasteiger partial charge in [0.05, 0.1) is 17.4 Å². The van der Waals surface area contributed by atoms with E-state index in [1.807, 2.05) is 24.3 Å². The molecule has 0 atom stereocenters. The molecule has 0 radical (unpaired) electrons. The molecule has 3 rings (SSSR count). The molecule has 20 heavy (non-hydrogen) atoms. The van der Waals surface area contributed by atoms with Crippen LogP contribution < -0.4 is 5.32 Å². The number of anilines is 1. The normalized spacial score (nSPS) is 10.7. The van der Waals surface area contributed by atoms with Gasteiger partial charge in [0.1, 0.15) is 5.15 Å². The summed E-state index contributed by atoms with van der Waals surface area (Å²) in [6.07, 6.45) is 4.79. The predicted molar refractivity (Wildman–Crippen MR) is 77.9 cm³/mol. The minimum Gasteiger partial charge on any atom is -0.319 e. The van der Waals surface area contributed by atoms with E-state index >= 15 is 0 Å². The number of hydrogen-bond donors (Lipinski definition) is 1. The quantitative estimate of drug-likeness (QED) is 0.737. The van der Waals surface area contributed by atoms with Crippen molar-refractivity contribution in [3.05, 3.63) is 53.6 Å². The summed E-state index contributed by atoms with van der Waals surface area (Å²) < 4.78 is 1.62. The first-order valence-electron chi connectivity index (χ1n) is 5.98. The average Bonchev–Trinajstić information content (AvgIpc) is 2.84. The molecule has 5 nitrogen and oxygen atoms in total. The summed E-state index contributed by atoms with van der Waals surface area (Å²) >= 11 is 6.04. The Hall–Kier alpha value is -2.40. The largest absolute Gasteiger partial charge is 0.319 e. The number of carbonyl (C=O) groups excluding carboxylic acids is 1. The van der Waals surface area contributed by atoms with E-state index in [1.165, 1.54) is 6.20 Å². The molecule has 2 heterocycles. The van der Waals surface area contributed by atoms with Crippen molar-refractivity contribution in [1.82, 2.24) is 14.8 Å². The molecule has 1 N–H and O–H groups in total. The van der Waals surface area contributed by atoms with Crippen LogP contribution in [0.15, 0.2) is 42.9 Å². The highest BCUT2D eigenvalue weighted by atomic mass is 35.5. The highest BCUT2D eigenvalue weighted by Gasteiger charge is 2.13. The number of nitrogens with zero attached hydrogens (tertiary/aromatic N) is 3. The average molecular weight is 287 g/mol. The Kier molecular flexibility index (Phi) is 3.12. The molecule has 2 aromatic heterocycles. The second-order valence-electron chi connectivity index (χ2n) is 4.37. The molecule has 1 aromatic carbocycles. The minimum absolute atomic E-state index is 0.238. The van der Waals surface area contributed by atoms with Crippen molar-refractivity contribution in [2.24, 2.45) is 7.05 Å². The first kappa shape index (κ1) is 12.6. The Labute approximate surface area is 120 Å². The molecule has 0 bridgehead atoms. The summed E-state index contributed by atoms with van der Waals surface area (Å²) in [5.41, 5.74) is 1.12. The van der Waals surface area contributed by atoms with Gasteiger partial charge in [0, 0.05) is 24.8 Å². The third-order valence-electron chi connectivity index (χ3n) is 2.95. The van der Waals surface area contributed by atoms with Crippen molar-refractivity contribution in [2.45, 2.75) is 0 Å². The SMILES string of the molecule is Cn1cc(NC(=O)c2cnc(Cl)c3ccccc23)cn1. The van der Waals surface area contributed by atoms with Crippen molar-refractivity contribution >= 4 is 34.0 Å². The van der Waals surface area contributed by atoms with Gasteiger partial charge < -0.3 is 5.32 Å². The molecule has 0 unspecified atom stereocenters. The lowest BCUT2D eigenvalue weighted by Gasteiger charge is -2.07. The van der Waals surface area contributed by atoms with E-state index in [1.54, 1.807) is 24.1 Å². The van der Waals surface area contributed by atoms with E-state index < -0.39 is 0 Å². The lowest BCUT2D eigenvalue weighted by atomic mass is 10.1. The Balaban J connectivity index is 2.01. The molecular weight excluding hydrogens is 276 g/mol. The van der Waals surface area contributed by atoms with E-state index in [4.69, 9.17) is 11.6 Å². The van der Waals surface area contributed by atoms with E-state index in [0.717, 1.165) is 10.8 Å². The Morgan fingerprint density at radius 1 is 1.25 bits per heavy atom. The molecule has 0 aliphatic carbocycles. The Morgan fingerprint density at radius 3 is 2.70 bits per heavy atom. The molecule has 0 aliphatic rings. The first-order valence-corrected chi connectivity index (χ1v) is 6.36. The number of amides is 1. The van der Waals surface area contributed by atoms with Crippen molar-refractivity contribution in [3.63, 3.8) is 0 Å². The number of aryl methyl sites for hydroxylation is 1. The van der Waals surface area contributed by atoms with Crippen molar-refractivity contribution < 1.29 is 4.79 Å². The highest BCUT2D eigenvalue weighted by Crippen LogP contribution is 2.24. The zero-order chi connectivity index (χ0) is 14.1. The number of aromatic nitrogens is 3. The third kappa shape index (κ3) is 2.23. The topological polar surface area (TPSA) is 59.8 Å². The number of rotatable bonds is 2. The smallest absolute Gasteiger partial charge is 0.257 e. The maximum Gasteiger partial charge on any atom is 0.257 e. The number of nitrogens with one attached hydrogen (secondary N) is 1. The molecule has 100 valence electrons. The van der Waals surface area contributed by atoms with Gasteiger partial charge in [-0.15, -0.1) is 0 Å². The third-order valence-corrected chi connectivity index (χ3v) is 3.26. The predicted octanol–water partition coefficient (Wildman–Crippen LogP) is 2.87. The zero-order valence-electron chi connectivity index (χ0n) is 10.7. The summed E-state index contributed by atoms with van der Waals surface area (Å²) in [6.45, 7) is 0. The number of benzene rings is 1. The molecule has 3 aromatic rings. The standard InChI is InChI=1S/C14H11ClN4O/c1-19-8-9(6-17-19)18-14(20)12-7-16-13(15)11-5-3-2-4-10(11)12/h2-8H,1H3,(H,18,20). The van der Waals surface area contributed by atoms with E-state index in [2.05, 4.69) is 15.4 Å². The summed E-state index contributed by atoms with van der Waals surface area (Å²) in [6, 6.07) is 7.41. The summed E-state index contributed by atoms with van der Waals surface area (Å²) in [5, 5.41) is 8.71. The van der Waals surface area contributed by atoms with Crippen LogP contribution in [0.5, 0.6) is 0 Å². The lowest BCUT2D eigenvalue weighted by Crippen LogP contribution is -2.12. The van der Waals surface area contributed by atoms with Gasteiger partial charge >= 0.3 is 0 Å². The zero-order valence-corrected chi connectivity index (χ0v) is 11.4. The maximum absolute atomic E-state index is 12.3. The van der Waals surface area contributed by atoms with Gasteiger partial charge in [-0.3, -0.25) is 9.48 Å². The molecule has 0 fully saturated rings. The van der Waals surface area contributed by atoms with Gasteiger partial charge in [0.2, 0.25) is 0 Å². The summed E-state index contributed by atoms with van der Waals surface area (Å²) in [4.78, 5) is 16.4. The van der Waals surface area contributed by atoms with Gasteiger partial charge in [-0.1, -0.05) is 35.9 Å². The molecular formula is C14H11ClN4O. The van der Waals surface area contributed by atoms with Crippen molar-refractivity contribution in [1.29, 1.82) is 0 Å². The molecule has 0 aliphatic heterocycles. The number of carbonyl (C=O) groups is 1. The molecule has 6 heteroatoms. The fraction of sp³-hybridized carbons (Fsp3) is 0.0714. The number of pyridine rings is 1. The Bertz CT molecular complexity index is 797. The lowest BCUT2D eigenvalue weighted by molar-refractivity contribution is 0.102. The van der Waals surface area contributed by atoms with E-state index in [9.17, 15) is 4.79 Å². The van der Waals surface area contributed by atoms with Crippen LogP contribution in [-0.4, -0.2) is 20.7 Å². The van der Waals surface area contributed by atoms with Crippen LogP contribution in [0.25, 0.3) is 10.8 Å². The number of hydrogen-bond acceptors (Lipinski definition) is 3. The first-order chi connectivity index (χ1) is 9.65. The summed E-state index contributed by atoms with van der Waals surface area (Å²) in [7, 11) is 1.79. The van der Waals surface area contributed by atoms with Crippen LogP contribution in [0.3, 0.4) is 0 Å². The van der Waals surface area contributed by atoms with Gasteiger partial charge in [-0.25, -0.2) is 4.98 Å². The molecule has 0 saturated heterocycles. The summed E-state index contributed by atoms with van der Waals surface area (Å²) in [5.74, 6) is -0.238. The van der Waals surface area contributed by atoms with Gasteiger partial charge in [0.15, 0.2) is 0 Å². The molecule has 0 saturated carbocycles. The van der Waals surface area contributed by atoms with Crippen LogP contribution in [0.2, 0.25) is 5.15 Å². The number of fused-ring (bicyclic) bond motifs is 1. The number of halogens is 1. The van der Waals surface area contributed by atoms with Crippen LogP contribution in [0.1, 0.15) is 10.4 Å². The van der Waals surface area contributed by atoms with E-state index in [0.29, 0.717) is 16.4 Å². The Morgan fingerprint density at radius 2 is 2.00 bits per heavy atom. The second-order valence-corrected chi connectivity index (χ2v) is 4.72. The minimum atomic E-state index is -0.238. The van der Waals surface area contributed by atoms with Gasteiger partial charge in [-0.05, 0) is 5.39 Å². The maximum atomic E-state index is 12.3. The van der Waals surface area contributed by atoms with Gasteiger partial charge in [-0.2, -0.15) is 5.10 Å². The van der Waals surface area contributed by atoms with Crippen LogP contribution in [-0.2, 0) is 7.05 Å². The van der Waals surface area contributed by atoms with Crippen molar-refractivity contribution in [2.75, 3.05) is 5.32 Å². The fourth-order valence-electron chi connectivity index (χ4n) is 2.02. The monoisotopic (exact) mass is 286 g/mol. The van der Waals surface area contributed by atoms with Gasteiger partial charge in [0.25, 0.3) is 5.91 Å². The van der Waals surface area contributed by atoms with Crippen LogP contribution in [0, 0.1) is 0 Å². The van der Waals surface area contributed by atoms with Crippen LogP contribution in [0.4, 0.5) is 5.69 Å². The highest BCUT2D eigenvalue weighted by molar-refractivity contribution is 6.35. The molecule has 1 amide bonds. The fourth-order valence-corrected chi connectivity index (χ4v) is 2.24. The second kappa shape index (κ2) is 4.94. The molecule has 0 spiro atoms.